The lowest BCUT2D eigenvalue weighted by Gasteiger charge is -2.10. The summed E-state index contributed by atoms with van der Waals surface area (Å²) in [5, 5.41) is 11.6. The van der Waals surface area contributed by atoms with Crippen molar-refractivity contribution in [2.45, 2.75) is 38.5 Å². The first-order valence-electron chi connectivity index (χ1n) is 7.14. The second-order valence-electron chi connectivity index (χ2n) is 5.13. The van der Waals surface area contributed by atoms with Crippen LogP contribution in [0.15, 0.2) is 42.5 Å². The SMILES string of the molecule is CCCCC(=O)C[C@H](C#N)c1ccc2ccccc2c1. The van der Waals surface area contributed by atoms with Crippen molar-refractivity contribution < 1.29 is 4.79 Å². The summed E-state index contributed by atoms with van der Waals surface area (Å²) in [5.74, 6) is -0.143. The van der Waals surface area contributed by atoms with Gasteiger partial charge in [-0.25, -0.2) is 0 Å². The number of fused-ring (bicyclic) bond motifs is 1. The van der Waals surface area contributed by atoms with Gasteiger partial charge in [-0.15, -0.1) is 0 Å². The van der Waals surface area contributed by atoms with Gasteiger partial charge in [-0.3, -0.25) is 4.79 Å². The van der Waals surface area contributed by atoms with Gasteiger partial charge in [0, 0.05) is 12.8 Å². The van der Waals surface area contributed by atoms with E-state index in [1.807, 2.05) is 42.5 Å². The third-order valence-corrected chi connectivity index (χ3v) is 3.57. The number of rotatable bonds is 6. The number of benzene rings is 2. The molecule has 0 fully saturated rings. The summed E-state index contributed by atoms with van der Waals surface area (Å²) in [6.07, 6.45) is 2.84. The minimum absolute atomic E-state index is 0.187. The van der Waals surface area contributed by atoms with Gasteiger partial charge in [0.05, 0.1) is 12.0 Å². The second kappa shape index (κ2) is 6.86. The number of nitriles is 1. The molecule has 0 saturated carbocycles. The number of hydrogen-bond donors (Lipinski definition) is 0. The van der Waals surface area contributed by atoms with Crippen LogP contribution in [0.4, 0.5) is 0 Å². The Kier molecular flexibility index (Phi) is 4.90. The van der Waals surface area contributed by atoms with E-state index >= 15 is 0 Å². The van der Waals surface area contributed by atoms with E-state index in [1.165, 1.54) is 0 Å². The molecule has 2 heteroatoms. The van der Waals surface area contributed by atoms with E-state index in [4.69, 9.17) is 0 Å². The highest BCUT2D eigenvalue weighted by atomic mass is 16.1. The van der Waals surface area contributed by atoms with Gasteiger partial charge in [-0.2, -0.15) is 5.26 Å². The smallest absolute Gasteiger partial charge is 0.134 e. The first kappa shape index (κ1) is 14.3. The monoisotopic (exact) mass is 265 g/mol. The van der Waals surface area contributed by atoms with Crippen LogP contribution < -0.4 is 0 Å². The van der Waals surface area contributed by atoms with Crippen LogP contribution in [0.5, 0.6) is 0 Å². The Balaban J connectivity index is 2.17. The number of carbonyl (C=O) groups excluding carboxylic acids is 1. The highest BCUT2D eigenvalue weighted by Crippen LogP contribution is 2.24. The number of unbranched alkanes of at least 4 members (excludes halogenated alkanes) is 1. The minimum atomic E-state index is -0.330. The normalized spacial score (nSPS) is 12.0. The van der Waals surface area contributed by atoms with E-state index in [-0.39, 0.29) is 11.7 Å². The Labute approximate surface area is 120 Å². The fourth-order valence-corrected chi connectivity index (χ4v) is 2.37. The van der Waals surface area contributed by atoms with Crippen LogP contribution in [-0.4, -0.2) is 5.78 Å². The lowest BCUT2D eigenvalue weighted by Crippen LogP contribution is -2.05. The molecule has 0 radical (unpaired) electrons. The van der Waals surface area contributed by atoms with E-state index in [2.05, 4.69) is 13.0 Å². The summed E-state index contributed by atoms with van der Waals surface area (Å²) in [4.78, 5) is 11.9. The van der Waals surface area contributed by atoms with Crippen molar-refractivity contribution >= 4 is 16.6 Å². The van der Waals surface area contributed by atoms with Gasteiger partial charge >= 0.3 is 0 Å². The van der Waals surface area contributed by atoms with Crippen molar-refractivity contribution in [2.24, 2.45) is 0 Å². The zero-order valence-corrected chi connectivity index (χ0v) is 11.8. The largest absolute Gasteiger partial charge is 0.300 e. The zero-order chi connectivity index (χ0) is 14.4. The summed E-state index contributed by atoms with van der Waals surface area (Å²) in [7, 11) is 0. The average molecular weight is 265 g/mol. The van der Waals surface area contributed by atoms with Crippen molar-refractivity contribution in [1.82, 2.24) is 0 Å². The summed E-state index contributed by atoms with van der Waals surface area (Å²) < 4.78 is 0. The number of Topliss-reactive ketones (excluding diaryl/α,β-unsaturated/α-hetero) is 1. The number of carbonyl (C=O) groups is 1. The third-order valence-electron chi connectivity index (χ3n) is 3.57. The number of ketones is 1. The van der Waals surface area contributed by atoms with E-state index in [0.717, 1.165) is 29.2 Å². The molecule has 102 valence electrons. The molecule has 0 heterocycles. The molecule has 0 aromatic heterocycles. The molecule has 0 aliphatic rings. The zero-order valence-electron chi connectivity index (χ0n) is 11.8. The van der Waals surface area contributed by atoms with Gasteiger partial charge in [0.15, 0.2) is 0 Å². The maximum atomic E-state index is 11.9. The maximum Gasteiger partial charge on any atom is 0.134 e. The molecule has 1 atom stereocenters. The van der Waals surface area contributed by atoms with Crippen LogP contribution in [0, 0.1) is 11.3 Å². The van der Waals surface area contributed by atoms with Gasteiger partial charge in [-0.1, -0.05) is 49.7 Å². The molecular weight excluding hydrogens is 246 g/mol. The Bertz CT molecular complexity index is 639. The van der Waals surface area contributed by atoms with Crippen molar-refractivity contribution in [3.63, 3.8) is 0 Å². The molecule has 0 saturated heterocycles. The molecule has 0 unspecified atom stereocenters. The second-order valence-corrected chi connectivity index (χ2v) is 5.13. The average Bonchev–Trinajstić information content (AvgIpc) is 2.50. The highest BCUT2D eigenvalue weighted by molar-refractivity contribution is 5.84. The first-order valence-corrected chi connectivity index (χ1v) is 7.14. The maximum absolute atomic E-state index is 11.9. The van der Waals surface area contributed by atoms with Crippen LogP contribution in [0.2, 0.25) is 0 Å². The fourth-order valence-electron chi connectivity index (χ4n) is 2.37. The number of hydrogen-bond acceptors (Lipinski definition) is 2. The van der Waals surface area contributed by atoms with E-state index in [0.29, 0.717) is 12.8 Å². The molecule has 2 aromatic rings. The van der Waals surface area contributed by atoms with Crippen LogP contribution in [0.3, 0.4) is 0 Å². The summed E-state index contributed by atoms with van der Waals surface area (Å²) in [6, 6.07) is 16.3. The lowest BCUT2D eigenvalue weighted by atomic mass is 9.92. The topological polar surface area (TPSA) is 40.9 Å². The molecule has 0 aliphatic carbocycles. The van der Waals surface area contributed by atoms with E-state index < -0.39 is 0 Å². The predicted octanol–water partition coefficient (Wildman–Crippen LogP) is 4.60. The lowest BCUT2D eigenvalue weighted by molar-refractivity contribution is -0.119. The molecular formula is C18H19NO. The number of nitrogens with zero attached hydrogens (tertiary/aromatic N) is 1. The van der Waals surface area contributed by atoms with Gasteiger partial charge < -0.3 is 0 Å². The Morgan fingerprint density at radius 2 is 1.95 bits per heavy atom. The van der Waals surface area contributed by atoms with Crippen LogP contribution in [0.25, 0.3) is 10.8 Å². The Hall–Kier alpha value is -2.14. The molecule has 0 N–H and O–H groups in total. The summed E-state index contributed by atoms with van der Waals surface area (Å²) in [6.45, 7) is 2.07. The third kappa shape index (κ3) is 3.45. The minimum Gasteiger partial charge on any atom is -0.300 e. The molecule has 2 rings (SSSR count). The molecule has 0 aliphatic heterocycles. The first-order chi connectivity index (χ1) is 9.74. The molecule has 2 nitrogen and oxygen atoms in total. The van der Waals surface area contributed by atoms with E-state index in [1.54, 1.807) is 0 Å². The highest BCUT2D eigenvalue weighted by Gasteiger charge is 2.15. The van der Waals surface area contributed by atoms with Gasteiger partial charge in [0.1, 0.15) is 5.78 Å². The molecule has 0 spiro atoms. The van der Waals surface area contributed by atoms with Crippen LogP contribution in [0.1, 0.15) is 44.1 Å². The molecule has 20 heavy (non-hydrogen) atoms. The van der Waals surface area contributed by atoms with Crippen molar-refractivity contribution in [1.29, 1.82) is 5.26 Å². The van der Waals surface area contributed by atoms with Crippen LogP contribution in [-0.2, 0) is 4.79 Å². The predicted molar refractivity (Wildman–Crippen MR) is 81.5 cm³/mol. The van der Waals surface area contributed by atoms with E-state index in [9.17, 15) is 10.1 Å². The molecule has 2 aromatic carbocycles. The van der Waals surface area contributed by atoms with Gasteiger partial charge in [0.25, 0.3) is 0 Å². The fraction of sp³-hybridized carbons (Fsp3) is 0.333. The summed E-state index contributed by atoms with van der Waals surface area (Å²) in [5.41, 5.74) is 0.941. The van der Waals surface area contributed by atoms with Gasteiger partial charge in [-0.05, 0) is 28.8 Å². The Morgan fingerprint density at radius 1 is 1.20 bits per heavy atom. The molecule has 0 bridgehead atoms. The Morgan fingerprint density at radius 3 is 2.65 bits per heavy atom. The van der Waals surface area contributed by atoms with Crippen molar-refractivity contribution in [2.75, 3.05) is 0 Å². The standard InChI is InChI=1S/C18H19NO/c1-2-3-8-18(20)12-17(13-19)16-10-9-14-6-4-5-7-15(14)11-16/h4-7,9-11,17H,2-3,8,12H2,1H3/t17-/m1/s1. The quantitative estimate of drug-likeness (QED) is 0.766. The summed E-state index contributed by atoms with van der Waals surface area (Å²) >= 11 is 0. The van der Waals surface area contributed by atoms with Crippen molar-refractivity contribution in [3.05, 3.63) is 48.0 Å². The van der Waals surface area contributed by atoms with Crippen LogP contribution >= 0.6 is 0 Å². The van der Waals surface area contributed by atoms with Crippen molar-refractivity contribution in [3.8, 4) is 6.07 Å². The molecule has 0 amide bonds. The van der Waals surface area contributed by atoms with Gasteiger partial charge in [0.2, 0.25) is 0 Å².